The van der Waals surface area contributed by atoms with Gasteiger partial charge < -0.3 is 9.73 Å². The Hall–Kier alpha value is -2.81. The van der Waals surface area contributed by atoms with Gasteiger partial charge in [-0.05, 0) is 43.0 Å². The van der Waals surface area contributed by atoms with Crippen LogP contribution < -0.4 is 10.0 Å². The highest BCUT2D eigenvalue weighted by Gasteiger charge is 2.31. The molecule has 3 aromatic rings. The van der Waals surface area contributed by atoms with Crippen molar-refractivity contribution in [2.75, 3.05) is 10.0 Å². The van der Waals surface area contributed by atoms with Gasteiger partial charge in [0.25, 0.3) is 0 Å². The molecule has 0 spiro atoms. The first kappa shape index (κ1) is 19.2. The van der Waals surface area contributed by atoms with E-state index >= 15 is 0 Å². The fourth-order valence-electron chi connectivity index (χ4n) is 4.30. The monoisotopic (exact) mass is 427 g/mol. The Morgan fingerprint density at radius 2 is 2.03 bits per heavy atom. The number of nitrogens with zero attached hydrogens (tertiary/aromatic N) is 2. The standard InChI is InChI=1S/C21H25N5O3S/c1-12(2)19-10-22-21(29-19)14-4-3-13(7-14)18-9-20(25-24-18)23-16-5-6-17-15(8-16)11-30(27,28)26-17/h5-6,8-10,12-14,26H,3-4,7,11H2,1-2H3,(H2,23,24,25). The van der Waals surface area contributed by atoms with Crippen LogP contribution in [0.2, 0.25) is 0 Å². The van der Waals surface area contributed by atoms with Crippen molar-refractivity contribution in [1.29, 1.82) is 0 Å². The van der Waals surface area contributed by atoms with Crippen LogP contribution in [0.3, 0.4) is 0 Å². The number of nitrogens with one attached hydrogen (secondary N) is 3. The maximum Gasteiger partial charge on any atom is 0.237 e. The third-order valence-electron chi connectivity index (χ3n) is 5.92. The lowest BCUT2D eigenvalue weighted by molar-refractivity contribution is 0.406. The predicted octanol–water partition coefficient (Wildman–Crippen LogP) is 4.57. The number of H-pyrrole nitrogens is 1. The van der Waals surface area contributed by atoms with Gasteiger partial charge in [0.2, 0.25) is 10.0 Å². The summed E-state index contributed by atoms with van der Waals surface area (Å²) >= 11 is 0. The molecule has 2 unspecified atom stereocenters. The third-order valence-corrected chi connectivity index (χ3v) is 7.14. The summed E-state index contributed by atoms with van der Waals surface area (Å²) in [6.45, 7) is 4.22. The number of hydrogen-bond donors (Lipinski definition) is 3. The Labute approximate surface area is 175 Å². The van der Waals surface area contributed by atoms with Gasteiger partial charge in [-0.25, -0.2) is 13.4 Å². The molecule has 2 aliphatic rings. The van der Waals surface area contributed by atoms with E-state index in [2.05, 4.69) is 39.1 Å². The zero-order valence-corrected chi connectivity index (χ0v) is 17.8. The van der Waals surface area contributed by atoms with Crippen molar-refractivity contribution in [3.05, 3.63) is 53.4 Å². The average molecular weight is 428 g/mol. The van der Waals surface area contributed by atoms with Crippen molar-refractivity contribution >= 4 is 27.2 Å². The van der Waals surface area contributed by atoms with Gasteiger partial charge in [0, 0.05) is 35.2 Å². The van der Waals surface area contributed by atoms with E-state index in [0.29, 0.717) is 23.4 Å². The summed E-state index contributed by atoms with van der Waals surface area (Å²) in [5, 5.41) is 10.8. The molecule has 0 bridgehead atoms. The molecule has 0 saturated heterocycles. The lowest BCUT2D eigenvalue weighted by Gasteiger charge is -2.07. The van der Waals surface area contributed by atoms with Gasteiger partial charge in [0.05, 0.1) is 17.6 Å². The quantitative estimate of drug-likeness (QED) is 0.550. The highest BCUT2D eigenvalue weighted by Crippen LogP contribution is 2.43. The molecular formula is C21H25N5O3S. The van der Waals surface area contributed by atoms with Crippen molar-refractivity contribution in [3.8, 4) is 0 Å². The van der Waals surface area contributed by atoms with Gasteiger partial charge in [-0.3, -0.25) is 9.82 Å². The number of aromatic amines is 1. The maximum absolute atomic E-state index is 11.7. The summed E-state index contributed by atoms with van der Waals surface area (Å²) in [7, 11) is -3.25. The summed E-state index contributed by atoms with van der Waals surface area (Å²) in [5.74, 6) is 3.60. The van der Waals surface area contributed by atoms with Crippen molar-refractivity contribution in [2.24, 2.45) is 0 Å². The lowest BCUT2D eigenvalue weighted by Crippen LogP contribution is -2.05. The summed E-state index contributed by atoms with van der Waals surface area (Å²) in [5.41, 5.74) is 3.32. The van der Waals surface area contributed by atoms with Gasteiger partial charge >= 0.3 is 0 Å². The molecular weight excluding hydrogens is 402 g/mol. The van der Waals surface area contributed by atoms with E-state index in [9.17, 15) is 8.42 Å². The molecule has 30 heavy (non-hydrogen) atoms. The number of hydrogen-bond acceptors (Lipinski definition) is 6. The molecule has 5 rings (SSSR count). The number of rotatable bonds is 5. The van der Waals surface area contributed by atoms with Crippen LogP contribution in [0.15, 0.2) is 34.9 Å². The zero-order chi connectivity index (χ0) is 20.9. The van der Waals surface area contributed by atoms with Gasteiger partial charge in [-0.1, -0.05) is 13.8 Å². The summed E-state index contributed by atoms with van der Waals surface area (Å²) in [4.78, 5) is 4.49. The van der Waals surface area contributed by atoms with Crippen LogP contribution in [0.5, 0.6) is 0 Å². The molecule has 1 aromatic carbocycles. The lowest BCUT2D eigenvalue weighted by atomic mass is 10.0. The van der Waals surface area contributed by atoms with E-state index in [0.717, 1.165) is 53.7 Å². The molecule has 8 nitrogen and oxygen atoms in total. The zero-order valence-electron chi connectivity index (χ0n) is 17.0. The molecule has 1 aliphatic carbocycles. The van der Waals surface area contributed by atoms with E-state index in [4.69, 9.17) is 4.42 Å². The Morgan fingerprint density at radius 1 is 1.20 bits per heavy atom. The van der Waals surface area contributed by atoms with Crippen molar-refractivity contribution in [2.45, 2.75) is 56.6 Å². The first-order valence-corrected chi connectivity index (χ1v) is 11.9. The SMILES string of the molecule is CC(C)c1cnc(C2CCC(c3cc(Nc4ccc5c(c4)CS(=O)(=O)N5)n[nH]3)C2)o1. The second-order valence-electron chi connectivity index (χ2n) is 8.53. The van der Waals surface area contributed by atoms with Gasteiger partial charge in [0.1, 0.15) is 5.76 Å². The molecule has 1 saturated carbocycles. The number of sulfonamides is 1. The normalized spacial score (nSPS) is 22.2. The fourth-order valence-corrected chi connectivity index (χ4v) is 5.56. The summed E-state index contributed by atoms with van der Waals surface area (Å²) in [6, 6.07) is 7.51. The summed E-state index contributed by atoms with van der Waals surface area (Å²) < 4.78 is 31.9. The number of aromatic nitrogens is 3. The predicted molar refractivity (Wildman–Crippen MR) is 114 cm³/mol. The Bertz CT molecular complexity index is 1180. The maximum atomic E-state index is 11.7. The van der Waals surface area contributed by atoms with E-state index in [-0.39, 0.29) is 5.75 Å². The van der Waals surface area contributed by atoms with Crippen LogP contribution in [0.1, 0.15) is 73.8 Å². The topological polar surface area (TPSA) is 113 Å². The van der Waals surface area contributed by atoms with E-state index in [1.54, 1.807) is 6.07 Å². The third kappa shape index (κ3) is 3.69. The minimum Gasteiger partial charge on any atom is -0.445 e. The second-order valence-corrected chi connectivity index (χ2v) is 10.3. The molecule has 3 heterocycles. The van der Waals surface area contributed by atoms with Gasteiger partial charge in [-0.2, -0.15) is 5.10 Å². The first-order chi connectivity index (χ1) is 14.4. The molecule has 9 heteroatoms. The van der Waals surface area contributed by atoms with Crippen LogP contribution in [0.25, 0.3) is 0 Å². The van der Waals surface area contributed by atoms with Crippen LogP contribution in [-0.2, 0) is 15.8 Å². The number of oxazole rings is 1. The smallest absolute Gasteiger partial charge is 0.237 e. The molecule has 3 N–H and O–H groups in total. The Morgan fingerprint density at radius 3 is 2.83 bits per heavy atom. The molecule has 0 amide bonds. The highest BCUT2D eigenvalue weighted by atomic mass is 32.2. The first-order valence-electron chi connectivity index (χ1n) is 10.3. The largest absolute Gasteiger partial charge is 0.445 e. The molecule has 1 fully saturated rings. The minimum absolute atomic E-state index is 0.00642. The van der Waals surface area contributed by atoms with Crippen LogP contribution in [-0.4, -0.2) is 23.6 Å². The molecule has 158 valence electrons. The van der Waals surface area contributed by atoms with Crippen LogP contribution >= 0.6 is 0 Å². The van der Waals surface area contributed by atoms with E-state index in [1.807, 2.05) is 24.4 Å². The molecule has 1 aliphatic heterocycles. The molecule has 2 aromatic heterocycles. The van der Waals surface area contributed by atoms with Crippen molar-refractivity contribution < 1.29 is 12.8 Å². The Balaban J connectivity index is 1.25. The van der Waals surface area contributed by atoms with E-state index < -0.39 is 10.0 Å². The average Bonchev–Trinajstić information content (AvgIpc) is 3.45. The van der Waals surface area contributed by atoms with Gasteiger partial charge in [0.15, 0.2) is 11.7 Å². The van der Waals surface area contributed by atoms with Crippen LogP contribution in [0.4, 0.5) is 17.2 Å². The molecule has 0 radical (unpaired) electrons. The fraction of sp³-hybridized carbons (Fsp3) is 0.429. The minimum atomic E-state index is -3.25. The molecule has 2 atom stereocenters. The van der Waals surface area contributed by atoms with E-state index in [1.165, 1.54) is 0 Å². The van der Waals surface area contributed by atoms with Crippen LogP contribution in [0, 0.1) is 0 Å². The number of benzene rings is 1. The number of fused-ring (bicyclic) bond motifs is 1. The Kier molecular flexibility index (Phi) is 4.57. The van der Waals surface area contributed by atoms with Crippen molar-refractivity contribution in [3.63, 3.8) is 0 Å². The highest BCUT2D eigenvalue weighted by molar-refractivity contribution is 7.92. The number of anilines is 3. The van der Waals surface area contributed by atoms with Gasteiger partial charge in [-0.15, -0.1) is 0 Å². The second kappa shape index (κ2) is 7.16. The van der Waals surface area contributed by atoms with Crippen molar-refractivity contribution in [1.82, 2.24) is 15.2 Å². The summed E-state index contributed by atoms with van der Waals surface area (Å²) in [6.07, 6.45) is 4.95.